The number of aromatic nitrogens is 1. The van der Waals surface area contributed by atoms with Gasteiger partial charge in [-0.25, -0.2) is 4.98 Å². The van der Waals surface area contributed by atoms with Crippen LogP contribution in [0.3, 0.4) is 0 Å². The highest BCUT2D eigenvalue weighted by atomic mass is 35.5. The van der Waals surface area contributed by atoms with Gasteiger partial charge in [-0.2, -0.15) is 0 Å². The molecule has 0 bridgehead atoms. The van der Waals surface area contributed by atoms with E-state index in [0.29, 0.717) is 16.6 Å². The zero-order valence-electron chi connectivity index (χ0n) is 11.3. The molecule has 0 radical (unpaired) electrons. The second-order valence-corrected chi connectivity index (χ2v) is 5.29. The molecule has 1 aromatic heterocycles. The maximum absolute atomic E-state index is 6.23. The molecule has 0 atom stereocenters. The quantitative estimate of drug-likeness (QED) is 0.911. The molecule has 0 amide bonds. The highest BCUT2D eigenvalue weighted by Crippen LogP contribution is 2.27. The molecule has 20 heavy (non-hydrogen) atoms. The fourth-order valence-electron chi connectivity index (χ4n) is 2.09. The van der Waals surface area contributed by atoms with Crippen molar-refractivity contribution in [1.82, 2.24) is 4.98 Å². The molecule has 0 fully saturated rings. The highest BCUT2D eigenvalue weighted by molar-refractivity contribution is 6.36. The normalized spacial score (nSPS) is 10.6. The smallest absolute Gasteiger partial charge is 0.147 e. The van der Waals surface area contributed by atoms with Crippen LogP contribution in [0.4, 0.5) is 5.82 Å². The van der Waals surface area contributed by atoms with E-state index < -0.39 is 0 Å². The lowest BCUT2D eigenvalue weighted by molar-refractivity contribution is 0.803. The fraction of sp³-hybridized carbons (Fsp3) is 0.267. The van der Waals surface area contributed by atoms with Crippen LogP contribution in [0, 0.1) is 0 Å². The SMILES string of the molecule is CCN(Cc1ccccc1CN)c1ncc(Cl)cc1Cl. The molecule has 0 aliphatic rings. The van der Waals surface area contributed by atoms with Crippen molar-refractivity contribution >= 4 is 29.0 Å². The number of rotatable bonds is 5. The van der Waals surface area contributed by atoms with Gasteiger partial charge in [0.25, 0.3) is 0 Å². The lowest BCUT2D eigenvalue weighted by Crippen LogP contribution is -2.24. The average molecular weight is 310 g/mol. The third-order valence-corrected chi connectivity index (χ3v) is 3.65. The molecule has 1 heterocycles. The summed E-state index contributed by atoms with van der Waals surface area (Å²) >= 11 is 12.1. The average Bonchev–Trinajstić information content (AvgIpc) is 2.46. The number of anilines is 1. The summed E-state index contributed by atoms with van der Waals surface area (Å²) in [4.78, 5) is 6.44. The van der Waals surface area contributed by atoms with Gasteiger partial charge in [0, 0.05) is 25.8 Å². The van der Waals surface area contributed by atoms with E-state index in [0.717, 1.165) is 24.5 Å². The number of hydrogen-bond donors (Lipinski definition) is 1. The van der Waals surface area contributed by atoms with Crippen molar-refractivity contribution in [3.8, 4) is 0 Å². The summed E-state index contributed by atoms with van der Waals surface area (Å²) in [5.74, 6) is 0.741. The molecule has 0 aliphatic carbocycles. The van der Waals surface area contributed by atoms with Crippen LogP contribution in [-0.4, -0.2) is 11.5 Å². The Hall–Kier alpha value is -1.29. The minimum atomic E-state index is 0.523. The molecular formula is C15H17Cl2N3. The van der Waals surface area contributed by atoms with Crippen molar-refractivity contribution in [2.45, 2.75) is 20.0 Å². The Labute approximate surface area is 129 Å². The van der Waals surface area contributed by atoms with Crippen molar-refractivity contribution in [3.63, 3.8) is 0 Å². The first-order chi connectivity index (χ1) is 9.65. The second kappa shape index (κ2) is 6.93. The molecule has 3 nitrogen and oxygen atoms in total. The van der Waals surface area contributed by atoms with Gasteiger partial charge in [-0.15, -0.1) is 0 Å². The minimum absolute atomic E-state index is 0.523. The largest absolute Gasteiger partial charge is 0.351 e. The van der Waals surface area contributed by atoms with E-state index in [2.05, 4.69) is 22.9 Å². The number of pyridine rings is 1. The van der Waals surface area contributed by atoms with Gasteiger partial charge in [-0.3, -0.25) is 0 Å². The van der Waals surface area contributed by atoms with E-state index in [1.54, 1.807) is 12.3 Å². The predicted octanol–water partition coefficient (Wildman–Crippen LogP) is 3.87. The summed E-state index contributed by atoms with van der Waals surface area (Å²) in [7, 11) is 0. The molecule has 0 saturated carbocycles. The monoisotopic (exact) mass is 309 g/mol. The summed E-state index contributed by atoms with van der Waals surface area (Å²) < 4.78 is 0. The second-order valence-electron chi connectivity index (χ2n) is 4.45. The van der Waals surface area contributed by atoms with E-state index in [1.807, 2.05) is 18.2 Å². The van der Waals surface area contributed by atoms with Gasteiger partial charge >= 0.3 is 0 Å². The molecular weight excluding hydrogens is 293 g/mol. The van der Waals surface area contributed by atoms with Crippen LogP contribution in [-0.2, 0) is 13.1 Å². The fourth-order valence-corrected chi connectivity index (χ4v) is 2.59. The summed E-state index contributed by atoms with van der Waals surface area (Å²) in [5, 5.41) is 1.10. The minimum Gasteiger partial charge on any atom is -0.351 e. The standard InChI is InChI=1S/C15H17Cl2N3/c1-2-20(15-14(17)7-13(16)9-19-15)10-12-6-4-3-5-11(12)8-18/h3-7,9H,2,8,10,18H2,1H3. The van der Waals surface area contributed by atoms with Gasteiger partial charge in [0.05, 0.1) is 10.0 Å². The molecule has 5 heteroatoms. The van der Waals surface area contributed by atoms with Crippen LogP contribution < -0.4 is 10.6 Å². The van der Waals surface area contributed by atoms with Crippen LogP contribution in [0.1, 0.15) is 18.1 Å². The van der Waals surface area contributed by atoms with E-state index >= 15 is 0 Å². The van der Waals surface area contributed by atoms with E-state index in [1.165, 1.54) is 5.56 Å². The number of nitrogens with zero attached hydrogens (tertiary/aromatic N) is 2. The van der Waals surface area contributed by atoms with Gasteiger partial charge in [-0.05, 0) is 24.1 Å². The Morgan fingerprint density at radius 1 is 1.20 bits per heavy atom. The predicted molar refractivity (Wildman–Crippen MR) is 85.3 cm³/mol. The van der Waals surface area contributed by atoms with E-state index in [-0.39, 0.29) is 0 Å². The molecule has 2 rings (SSSR count). The Kier molecular flexibility index (Phi) is 5.24. The van der Waals surface area contributed by atoms with Crippen molar-refractivity contribution < 1.29 is 0 Å². The Bertz CT molecular complexity index is 587. The van der Waals surface area contributed by atoms with Crippen molar-refractivity contribution in [2.75, 3.05) is 11.4 Å². The van der Waals surface area contributed by atoms with Gasteiger partial charge < -0.3 is 10.6 Å². The first-order valence-electron chi connectivity index (χ1n) is 6.48. The van der Waals surface area contributed by atoms with Crippen LogP contribution in [0.15, 0.2) is 36.5 Å². The maximum Gasteiger partial charge on any atom is 0.147 e. The lowest BCUT2D eigenvalue weighted by Gasteiger charge is -2.24. The Balaban J connectivity index is 2.29. The summed E-state index contributed by atoms with van der Waals surface area (Å²) in [6.45, 7) is 4.11. The number of hydrogen-bond acceptors (Lipinski definition) is 3. The molecule has 0 unspecified atom stereocenters. The van der Waals surface area contributed by atoms with Crippen molar-refractivity contribution in [1.29, 1.82) is 0 Å². The van der Waals surface area contributed by atoms with Crippen LogP contribution >= 0.6 is 23.2 Å². The van der Waals surface area contributed by atoms with E-state index in [9.17, 15) is 0 Å². The molecule has 106 valence electrons. The number of nitrogens with two attached hydrogens (primary N) is 1. The lowest BCUT2D eigenvalue weighted by atomic mass is 10.1. The third kappa shape index (κ3) is 3.42. The van der Waals surface area contributed by atoms with Gasteiger partial charge in [0.15, 0.2) is 0 Å². The van der Waals surface area contributed by atoms with Crippen molar-refractivity contribution in [3.05, 3.63) is 57.7 Å². The zero-order valence-corrected chi connectivity index (χ0v) is 12.8. The molecule has 2 N–H and O–H groups in total. The first kappa shape index (κ1) is 15.1. The molecule has 0 spiro atoms. The molecule has 0 aliphatic heterocycles. The summed E-state index contributed by atoms with van der Waals surface area (Å²) in [5.41, 5.74) is 8.10. The van der Waals surface area contributed by atoms with Gasteiger partial charge in [0.1, 0.15) is 5.82 Å². The Morgan fingerprint density at radius 2 is 1.90 bits per heavy atom. The van der Waals surface area contributed by atoms with Gasteiger partial charge in [-0.1, -0.05) is 47.5 Å². The van der Waals surface area contributed by atoms with Crippen LogP contribution in [0.2, 0.25) is 10.0 Å². The number of halogens is 2. The van der Waals surface area contributed by atoms with Crippen molar-refractivity contribution in [2.24, 2.45) is 5.73 Å². The maximum atomic E-state index is 6.23. The Morgan fingerprint density at radius 3 is 2.50 bits per heavy atom. The third-order valence-electron chi connectivity index (χ3n) is 3.17. The van der Waals surface area contributed by atoms with Crippen LogP contribution in [0.25, 0.3) is 0 Å². The van der Waals surface area contributed by atoms with E-state index in [4.69, 9.17) is 28.9 Å². The molecule has 1 aromatic carbocycles. The number of benzene rings is 1. The topological polar surface area (TPSA) is 42.1 Å². The highest BCUT2D eigenvalue weighted by Gasteiger charge is 2.13. The molecule has 0 saturated heterocycles. The van der Waals surface area contributed by atoms with Crippen LogP contribution in [0.5, 0.6) is 0 Å². The van der Waals surface area contributed by atoms with Gasteiger partial charge in [0.2, 0.25) is 0 Å². The first-order valence-corrected chi connectivity index (χ1v) is 7.24. The summed E-state index contributed by atoms with van der Waals surface area (Å²) in [6.07, 6.45) is 1.61. The zero-order chi connectivity index (χ0) is 14.5. The molecule has 2 aromatic rings. The summed E-state index contributed by atoms with van der Waals surface area (Å²) in [6, 6.07) is 9.84.